The number of benzene rings is 2. The van der Waals surface area contributed by atoms with Crippen molar-refractivity contribution in [3.05, 3.63) is 58.1 Å². The average molecular weight is 471 g/mol. The van der Waals surface area contributed by atoms with Gasteiger partial charge >= 0.3 is 0 Å². The molecule has 0 bridgehead atoms. The molecule has 0 atom stereocenters. The van der Waals surface area contributed by atoms with Crippen molar-refractivity contribution in [2.75, 3.05) is 26.5 Å². The number of hydrogen-bond donors (Lipinski definition) is 1. The van der Waals surface area contributed by atoms with Crippen molar-refractivity contribution in [2.45, 2.75) is 37.1 Å². The summed E-state index contributed by atoms with van der Waals surface area (Å²) >= 11 is 0. The van der Waals surface area contributed by atoms with Crippen LogP contribution < -0.4 is 15.6 Å². The Bertz CT molecular complexity index is 1400. The van der Waals surface area contributed by atoms with Gasteiger partial charge in [-0.1, -0.05) is 6.42 Å². The van der Waals surface area contributed by atoms with Gasteiger partial charge in [-0.25, -0.2) is 17.7 Å². The standard InChI is InChI=1S/C23H26N4O5S/c1-26(2)33(30,31)16-9-11-20(32-3)19(14-16)25-22(28)15-8-10-17-18(13-15)24-21-7-5-4-6-12-27(21)23(17)29/h8-11,13-14H,4-7,12H2,1-3H3,(H,25,28). The number of amides is 1. The van der Waals surface area contributed by atoms with Crippen LogP contribution in [0.15, 0.2) is 46.1 Å². The van der Waals surface area contributed by atoms with Gasteiger partial charge in [-0.05, 0) is 49.2 Å². The van der Waals surface area contributed by atoms with Gasteiger partial charge in [0.2, 0.25) is 10.0 Å². The van der Waals surface area contributed by atoms with E-state index in [-0.39, 0.29) is 16.1 Å². The molecular weight excluding hydrogens is 444 g/mol. The number of fused-ring (bicyclic) bond motifs is 2. The number of carbonyl (C=O) groups is 1. The van der Waals surface area contributed by atoms with Crippen LogP contribution in [-0.4, -0.2) is 49.4 Å². The molecule has 33 heavy (non-hydrogen) atoms. The summed E-state index contributed by atoms with van der Waals surface area (Å²) in [6.45, 7) is 0.658. The lowest BCUT2D eigenvalue weighted by Gasteiger charge is -2.15. The van der Waals surface area contributed by atoms with E-state index in [1.54, 1.807) is 22.8 Å². The topological polar surface area (TPSA) is 111 Å². The zero-order chi connectivity index (χ0) is 23.8. The SMILES string of the molecule is COc1ccc(S(=O)(=O)N(C)C)cc1NC(=O)c1ccc2c(=O)n3c(nc2c1)CCCCC3. The van der Waals surface area contributed by atoms with Crippen LogP contribution in [0.1, 0.15) is 35.4 Å². The van der Waals surface area contributed by atoms with Crippen LogP contribution >= 0.6 is 0 Å². The molecule has 0 saturated heterocycles. The summed E-state index contributed by atoms with van der Waals surface area (Å²) in [6, 6.07) is 9.04. The van der Waals surface area contributed by atoms with E-state index in [4.69, 9.17) is 4.74 Å². The Kier molecular flexibility index (Phi) is 6.22. The molecule has 9 nitrogen and oxygen atoms in total. The maximum absolute atomic E-state index is 13.0. The summed E-state index contributed by atoms with van der Waals surface area (Å²) in [5.74, 6) is 0.598. The van der Waals surface area contributed by atoms with E-state index in [9.17, 15) is 18.0 Å². The lowest BCUT2D eigenvalue weighted by Crippen LogP contribution is -2.24. The Morgan fingerprint density at radius 2 is 1.91 bits per heavy atom. The molecule has 1 amide bonds. The highest BCUT2D eigenvalue weighted by Crippen LogP contribution is 2.29. The van der Waals surface area contributed by atoms with E-state index < -0.39 is 15.9 Å². The van der Waals surface area contributed by atoms with Crippen LogP contribution in [0.4, 0.5) is 5.69 Å². The molecule has 1 aliphatic heterocycles. The smallest absolute Gasteiger partial charge is 0.261 e. The molecule has 0 saturated carbocycles. The number of hydrogen-bond acceptors (Lipinski definition) is 6. The number of sulfonamides is 1. The maximum Gasteiger partial charge on any atom is 0.261 e. The molecule has 10 heteroatoms. The minimum absolute atomic E-state index is 0.0273. The molecule has 0 fully saturated rings. The van der Waals surface area contributed by atoms with Crippen LogP contribution in [0.25, 0.3) is 10.9 Å². The van der Waals surface area contributed by atoms with Gasteiger partial charge in [-0.15, -0.1) is 0 Å². The first-order chi connectivity index (χ1) is 15.7. The van der Waals surface area contributed by atoms with E-state index >= 15 is 0 Å². The minimum atomic E-state index is -3.69. The predicted octanol–water partition coefficient (Wildman–Crippen LogP) is 2.63. The second kappa shape index (κ2) is 8.95. The van der Waals surface area contributed by atoms with Crippen LogP contribution in [0.5, 0.6) is 5.75 Å². The zero-order valence-electron chi connectivity index (χ0n) is 18.8. The summed E-state index contributed by atoms with van der Waals surface area (Å²) in [4.78, 5) is 30.6. The summed E-state index contributed by atoms with van der Waals surface area (Å²) in [5.41, 5.74) is 0.903. The normalized spacial score (nSPS) is 14.1. The lowest BCUT2D eigenvalue weighted by atomic mass is 10.1. The Labute approximate surface area is 192 Å². The summed E-state index contributed by atoms with van der Waals surface area (Å²) in [5, 5.41) is 3.19. The van der Waals surface area contributed by atoms with Crippen molar-refractivity contribution in [2.24, 2.45) is 0 Å². The van der Waals surface area contributed by atoms with Gasteiger partial charge in [0.1, 0.15) is 11.6 Å². The van der Waals surface area contributed by atoms with Crippen molar-refractivity contribution < 1.29 is 17.9 Å². The quantitative estimate of drug-likeness (QED) is 0.614. The van der Waals surface area contributed by atoms with E-state index in [0.29, 0.717) is 28.8 Å². The minimum Gasteiger partial charge on any atom is -0.495 e. The fraction of sp³-hybridized carbons (Fsp3) is 0.348. The summed E-state index contributed by atoms with van der Waals surface area (Å²) in [6.07, 6.45) is 3.71. The lowest BCUT2D eigenvalue weighted by molar-refractivity contribution is 0.102. The second-order valence-electron chi connectivity index (χ2n) is 8.13. The van der Waals surface area contributed by atoms with Crippen molar-refractivity contribution in [3.8, 4) is 5.75 Å². The number of nitrogens with one attached hydrogen (secondary N) is 1. The molecular formula is C23H26N4O5S. The average Bonchev–Trinajstić information content (AvgIpc) is 3.04. The molecule has 1 aromatic heterocycles. The second-order valence-corrected chi connectivity index (χ2v) is 10.3. The van der Waals surface area contributed by atoms with Gasteiger partial charge in [0.05, 0.1) is 28.6 Å². The molecule has 0 aliphatic carbocycles. The molecule has 0 radical (unpaired) electrons. The van der Waals surface area contributed by atoms with Crippen LogP contribution in [0.2, 0.25) is 0 Å². The Hall–Kier alpha value is -3.24. The molecule has 2 aromatic carbocycles. The van der Waals surface area contributed by atoms with Crippen LogP contribution in [0.3, 0.4) is 0 Å². The highest BCUT2D eigenvalue weighted by Gasteiger charge is 2.21. The fourth-order valence-electron chi connectivity index (χ4n) is 3.91. The van der Waals surface area contributed by atoms with Gasteiger partial charge in [0.25, 0.3) is 11.5 Å². The van der Waals surface area contributed by atoms with E-state index in [1.807, 2.05) is 0 Å². The monoisotopic (exact) mass is 470 g/mol. The predicted molar refractivity (Wildman–Crippen MR) is 125 cm³/mol. The van der Waals surface area contributed by atoms with E-state index in [0.717, 1.165) is 35.8 Å². The largest absolute Gasteiger partial charge is 0.495 e. The van der Waals surface area contributed by atoms with Gasteiger partial charge in [-0.2, -0.15) is 0 Å². The number of methoxy groups -OCH3 is 1. The maximum atomic E-state index is 13.0. The zero-order valence-corrected chi connectivity index (χ0v) is 19.6. The molecule has 4 rings (SSSR count). The number of aryl methyl sites for hydroxylation is 1. The third-order valence-electron chi connectivity index (χ3n) is 5.78. The molecule has 0 unspecified atom stereocenters. The Balaban J connectivity index is 1.70. The number of aromatic nitrogens is 2. The molecule has 1 N–H and O–H groups in total. The van der Waals surface area contributed by atoms with Crippen molar-refractivity contribution >= 4 is 32.5 Å². The number of carbonyl (C=O) groups excluding carboxylic acids is 1. The Morgan fingerprint density at radius 1 is 1.12 bits per heavy atom. The number of anilines is 1. The fourth-order valence-corrected chi connectivity index (χ4v) is 4.84. The van der Waals surface area contributed by atoms with Crippen LogP contribution in [0, 0.1) is 0 Å². The van der Waals surface area contributed by atoms with Gasteiger partial charge in [0.15, 0.2) is 0 Å². The summed E-state index contributed by atoms with van der Waals surface area (Å²) in [7, 11) is 0.611. The summed E-state index contributed by atoms with van der Waals surface area (Å²) < 4.78 is 33.1. The molecule has 2 heterocycles. The van der Waals surface area contributed by atoms with Gasteiger partial charge in [0, 0.05) is 32.6 Å². The van der Waals surface area contributed by atoms with Crippen molar-refractivity contribution in [1.82, 2.24) is 13.9 Å². The highest BCUT2D eigenvalue weighted by molar-refractivity contribution is 7.89. The molecule has 0 spiro atoms. The van der Waals surface area contributed by atoms with Gasteiger partial charge in [-0.3, -0.25) is 14.2 Å². The van der Waals surface area contributed by atoms with Crippen molar-refractivity contribution in [3.63, 3.8) is 0 Å². The first-order valence-corrected chi connectivity index (χ1v) is 12.1. The van der Waals surface area contributed by atoms with Gasteiger partial charge < -0.3 is 10.1 Å². The van der Waals surface area contributed by atoms with Crippen LogP contribution in [-0.2, 0) is 23.0 Å². The highest BCUT2D eigenvalue weighted by atomic mass is 32.2. The number of rotatable bonds is 5. The number of ether oxygens (including phenoxy) is 1. The van der Waals surface area contributed by atoms with E-state index in [1.165, 1.54) is 39.4 Å². The molecule has 1 aliphatic rings. The molecule has 3 aromatic rings. The molecule has 174 valence electrons. The first-order valence-electron chi connectivity index (χ1n) is 10.7. The number of nitrogens with zero attached hydrogens (tertiary/aromatic N) is 3. The first kappa shape index (κ1) is 22.9. The Morgan fingerprint density at radius 3 is 2.64 bits per heavy atom. The van der Waals surface area contributed by atoms with Crippen molar-refractivity contribution in [1.29, 1.82) is 0 Å². The van der Waals surface area contributed by atoms with E-state index in [2.05, 4.69) is 10.3 Å². The third kappa shape index (κ3) is 4.36. The third-order valence-corrected chi connectivity index (χ3v) is 7.59.